The summed E-state index contributed by atoms with van der Waals surface area (Å²) in [6, 6.07) is 7.38. The van der Waals surface area contributed by atoms with Gasteiger partial charge < -0.3 is 14.4 Å². The molecule has 98 valence electrons. The topological polar surface area (TPSA) is 38.8 Å². The highest BCUT2D eigenvalue weighted by molar-refractivity contribution is 6.32. The molecule has 1 aliphatic heterocycles. The van der Waals surface area contributed by atoms with Crippen LogP contribution in [0.15, 0.2) is 24.3 Å². The molecule has 0 saturated carbocycles. The lowest BCUT2D eigenvalue weighted by Crippen LogP contribution is -2.32. The summed E-state index contributed by atoms with van der Waals surface area (Å²) < 4.78 is 10.8. The van der Waals surface area contributed by atoms with E-state index in [0.717, 1.165) is 0 Å². The van der Waals surface area contributed by atoms with Crippen LogP contribution in [0.2, 0.25) is 5.02 Å². The summed E-state index contributed by atoms with van der Waals surface area (Å²) in [6.07, 6.45) is -0.520. The van der Waals surface area contributed by atoms with Gasteiger partial charge in [0.2, 0.25) is 0 Å². The Morgan fingerprint density at radius 3 is 2.83 bits per heavy atom. The molecule has 1 aromatic carbocycles. The standard InChI is InChI=1S/C13H16ClNO3/c1-9(2)15-7-10(18-13(15)16)8-17-12-6-4-3-5-11(12)14/h3-6,9-10H,7-8H2,1-2H3/t10-/m0/s1. The van der Waals surface area contributed by atoms with Crippen LogP contribution in [0.3, 0.4) is 0 Å². The number of nitrogens with zero attached hydrogens (tertiary/aromatic N) is 1. The van der Waals surface area contributed by atoms with Gasteiger partial charge in [0.1, 0.15) is 12.4 Å². The molecular weight excluding hydrogens is 254 g/mol. The lowest BCUT2D eigenvalue weighted by molar-refractivity contribution is 0.102. The van der Waals surface area contributed by atoms with Gasteiger partial charge in [0.05, 0.1) is 11.6 Å². The maximum Gasteiger partial charge on any atom is 0.410 e. The number of benzene rings is 1. The first-order valence-electron chi connectivity index (χ1n) is 5.92. The SMILES string of the molecule is CC(C)N1C[C@@H](COc2ccccc2Cl)OC1=O. The van der Waals surface area contributed by atoms with Crippen molar-refractivity contribution in [3.8, 4) is 5.75 Å². The number of hydrogen-bond donors (Lipinski definition) is 0. The fourth-order valence-corrected chi connectivity index (χ4v) is 1.98. The number of halogens is 1. The van der Waals surface area contributed by atoms with Gasteiger partial charge in [-0.3, -0.25) is 0 Å². The quantitative estimate of drug-likeness (QED) is 0.844. The van der Waals surface area contributed by atoms with Crippen molar-refractivity contribution in [1.82, 2.24) is 4.90 Å². The molecule has 0 N–H and O–H groups in total. The lowest BCUT2D eigenvalue weighted by atomic mass is 10.3. The van der Waals surface area contributed by atoms with E-state index in [0.29, 0.717) is 23.9 Å². The fourth-order valence-electron chi connectivity index (χ4n) is 1.79. The maximum absolute atomic E-state index is 11.5. The van der Waals surface area contributed by atoms with E-state index >= 15 is 0 Å². The van der Waals surface area contributed by atoms with Gasteiger partial charge in [-0.25, -0.2) is 4.79 Å². The Hall–Kier alpha value is -1.42. The minimum Gasteiger partial charge on any atom is -0.488 e. The first-order valence-corrected chi connectivity index (χ1v) is 6.30. The number of cyclic esters (lactones) is 1. The molecule has 1 aliphatic rings. The third-order valence-electron chi connectivity index (χ3n) is 2.79. The van der Waals surface area contributed by atoms with Crippen molar-refractivity contribution >= 4 is 17.7 Å². The Morgan fingerprint density at radius 1 is 1.50 bits per heavy atom. The normalized spacial score (nSPS) is 19.2. The highest BCUT2D eigenvalue weighted by Gasteiger charge is 2.33. The van der Waals surface area contributed by atoms with Gasteiger partial charge in [-0.05, 0) is 26.0 Å². The van der Waals surface area contributed by atoms with Crippen LogP contribution in [-0.4, -0.2) is 36.3 Å². The minimum absolute atomic E-state index is 0.141. The Balaban J connectivity index is 1.89. The largest absolute Gasteiger partial charge is 0.488 e. The maximum atomic E-state index is 11.5. The van der Waals surface area contributed by atoms with E-state index in [9.17, 15) is 4.79 Å². The summed E-state index contributed by atoms with van der Waals surface area (Å²) in [5, 5.41) is 0.558. The molecule has 0 radical (unpaired) electrons. The van der Waals surface area contributed by atoms with Gasteiger partial charge >= 0.3 is 6.09 Å². The molecule has 0 bridgehead atoms. The predicted molar refractivity (Wildman–Crippen MR) is 69.1 cm³/mol. The van der Waals surface area contributed by atoms with Crippen LogP contribution in [-0.2, 0) is 4.74 Å². The van der Waals surface area contributed by atoms with Crippen molar-refractivity contribution in [2.24, 2.45) is 0 Å². The predicted octanol–water partition coefficient (Wildman–Crippen LogP) is 2.95. The van der Waals surface area contributed by atoms with Crippen LogP contribution in [0.25, 0.3) is 0 Å². The summed E-state index contributed by atoms with van der Waals surface area (Å²) in [7, 11) is 0. The highest BCUT2D eigenvalue weighted by atomic mass is 35.5. The second kappa shape index (κ2) is 5.48. The van der Waals surface area contributed by atoms with Crippen molar-refractivity contribution < 1.29 is 14.3 Å². The average molecular weight is 270 g/mol. The molecule has 1 fully saturated rings. The second-order valence-corrected chi connectivity index (χ2v) is 4.90. The van der Waals surface area contributed by atoms with Crippen molar-refractivity contribution in [1.29, 1.82) is 0 Å². The van der Waals surface area contributed by atoms with Crippen molar-refractivity contribution in [3.63, 3.8) is 0 Å². The number of rotatable bonds is 4. The zero-order chi connectivity index (χ0) is 13.1. The Kier molecular flexibility index (Phi) is 3.97. The third-order valence-corrected chi connectivity index (χ3v) is 3.10. The first-order chi connectivity index (χ1) is 8.58. The highest BCUT2D eigenvalue weighted by Crippen LogP contribution is 2.24. The number of para-hydroxylation sites is 1. The van der Waals surface area contributed by atoms with Crippen LogP contribution < -0.4 is 4.74 Å². The fraction of sp³-hybridized carbons (Fsp3) is 0.462. The van der Waals surface area contributed by atoms with Crippen LogP contribution in [0.5, 0.6) is 5.75 Å². The molecule has 18 heavy (non-hydrogen) atoms. The first kappa shape index (κ1) is 13.0. The zero-order valence-electron chi connectivity index (χ0n) is 10.4. The Labute approximate surface area is 111 Å². The zero-order valence-corrected chi connectivity index (χ0v) is 11.2. The summed E-state index contributed by atoms with van der Waals surface area (Å²) >= 11 is 5.97. The summed E-state index contributed by atoms with van der Waals surface area (Å²) in [5.74, 6) is 0.609. The molecule has 1 heterocycles. The molecule has 0 unspecified atom stereocenters. The number of carbonyl (C=O) groups is 1. The van der Waals surface area contributed by atoms with E-state index in [1.165, 1.54) is 0 Å². The van der Waals surface area contributed by atoms with E-state index in [1.54, 1.807) is 17.0 Å². The van der Waals surface area contributed by atoms with Gasteiger partial charge in [0.15, 0.2) is 6.10 Å². The molecule has 1 saturated heterocycles. The summed E-state index contributed by atoms with van der Waals surface area (Å²) in [5.41, 5.74) is 0. The smallest absolute Gasteiger partial charge is 0.410 e. The molecular formula is C13H16ClNO3. The van der Waals surface area contributed by atoms with Crippen LogP contribution in [0.4, 0.5) is 4.79 Å². The number of carbonyl (C=O) groups excluding carboxylic acids is 1. The van der Waals surface area contributed by atoms with Crippen LogP contribution >= 0.6 is 11.6 Å². The number of ether oxygens (including phenoxy) is 2. The van der Waals surface area contributed by atoms with Crippen LogP contribution in [0.1, 0.15) is 13.8 Å². The number of amides is 1. The minimum atomic E-state index is -0.280. The number of hydrogen-bond acceptors (Lipinski definition) is 3. The van der Waals surface area contributed by atoms with E-state index in [-0.39, 0.29) is 18.2 Å². The van der Waals surface area contributed by atoms with E-state index < -0.39 is 0 Å². The van der Waals surface area contributed by atoms with Crippen molar-refractivity contribution in [3.05, 3.63) is 29.3 Å². The van der Waals surface area contributed by atoms with Crippen molar-refractivity contribution in [2.45, 2.75) is 26.0 Å². The molecule has 0 spiro atoms. The molecule has 0 aliphatic carbocycles. The van der Waals surface area contributed by atoms with Crippen LogP contribution in [0, 0.1) is 0 Å². The molecule has 1 atom stereocenters. The molecule has 0 aromatic heterocycles. The second-order valence-electron chi connectivity index (χ2n) is 4.49. The van der Waals surface area contributed by atoms with E-state index in [1.807, 2.05) is 26.0 Å². The van der Waals surface area contributed by atoms with Crippen molar-refractivity contribution in [2.75, 3.05) is 13.2 Å². The molecule has 1 amide bonds. The van der Waals surface area contributed by atoms with E-state index in [2.05, 4.69) is 0 Å². The average Bonchev–Trinajstić information content (AvgIpc) is 2.70. The lowest BCUT2D eigenvalue weighted by Gasteiger charge is -2.17. The third kappa shape index (κ3) is 2.88. The molecule has 5 heteroatoms. The van der Waals surface area contributed by atoms with Gasteiger partial charge in [0.25, 0.3) is 0 Å². The van der Waals surface area contributed by atoms with Gasteiger partial charge in [-0.2, -0.15) is 0 Å². The molecule has 1 aromatic rings. The Morgan fingerprint density at radius 2 is 2.22 bits per heavy atom. The summed E-state index contributed by atoms with van der Waals surface area (Å²) in [4.78, 5) is 13.2. The van der Waals surface area contributed by atoms with E-state index in [4.69, 9.17) is 21.1 Å². The van der Waals surface area contributed by atoms with Gasteiger partial charge in [-0.15, -0.1) is 0 Å². The molecule has 4 nitrogen and oxygen atoms in total. The Bertz CT molecular complexity index is 436. The monoisotopic (exact) mass is 269 g/mol. The summed E-state index contributed by atoms with van der Waals surface area (Å²) in [6.45, 7) is 4.79. The van der Waals surface area contributed by atoms with Gasteiger partial charge in [-0.1, -0.05) is 23.7 Å². The molecule has 2 rings (SSSR count). The van der Waals surface area contributed by atoms with Gasteiger partial charge in [0, 0.05) is 6.04 Å².